The van der Waals surface area contributed by atoms with Crippen LogP contribution in [-0.2, 0) is 17.5 Å². The Morgan fingerprint density at radius 2 is 1.97 bits per heavy atom. The van der Waals surface area contributed by atoms with Crippen molar-refractivity contribution in [3.05, 3.63) is 54.7 Å². The van der Waals surface area contributed by atoms with Crippen molar-refractivity contribution in [3.8, 4) is 0 Å². The Kier molecular flexibility index (Phi) is 6.47. The summed E-state index contributed by atoms with van der Waals surface area (Å²) in [6, 6.07) is 6.37. The average molecular weight is 492 g/mol. The maximum atomic E-state index is 12.9. The number of carbonyl (C=O) groups is 1. The second-order valence-electron chi connectivity index (χ2n) is 6.64. The van der Waals surface area contributed by atoms with Gasteiger partial charge in [0.2, 0.25) is 5.91 Å². The highest BCUT2D eigenvalue weighted by atomic mass is 79.9. The normalized spacial score (nSPS) is 15.4. The monoisotopic (exact) mass is 491 g/mol. The predicted octanol–water partition coefficient (Wildman–Crippen LogP) is 4.97. The number of piperidine rings is 1. The van der Waals surface area contributed by atoms with Crippen molar-refractivity contribution >= 4 is 44.5 Å². The van der Waals surface area contributed by atoms with Crippen LogP contribution in [0.25, 0.3) is 0 Å². The first-order chi connectivity index (χ1) is 13.6. The fraction of sp³-hybridized carbons (Fsp3) is 0.389. The number of nitrogens with zero attached hydrogens (tertiary/aromatic N) is 2. The molecular weight excluding hydrogens is 475 g/mol. The third-order valence-corrected chi connectivity index (χ3v) is 6.40. The molecule has 0 spiro atoms. The number of alkyl halides is 3. The van der Waals surface area contributed by atoms with Gasteiger partial charge in [-0.25, -0.2) is 0 Å². The minimum Gasteiger partial charge on any atom is -0.366 e. The first kappa shape index (κ1) is 21.6. The zero-order chi connectivity index (χ0) is 21.2. The topological polar surface area (TPSA) is 75.5 Å². The van der Waals surface area contributed by atoms with Gasteiger partial charge in [-0.1, -0.05) is 0 Å². The number of benzene rings is 1. The van der Waals surface area contributed by atoms with Crippen LogP contribution in [0.3, 0.4) is 0 Å². The molecule has 1 fully saturated rings. The van der Waals surface area contributed by atoms with Crippen LogP contribution in [0.15, 0.2) is 34.1 Å². The molecule has 1 amide bonds. The van der Waals surface area contributed by atoms with E-state index in [-0.39, 0.29) is 17.5 Å². The molecule has 0 radical (unpaired) electrons. The summed E-state index contributed by atoms with van der Waals surface area (Å²) in [5.74, 6) is -0.320. The van der Waals surface area contributed by atoms with Crippen LogP contribution in [0.1, 0.15) is 23.3 Å². The number of thiophene rings is 1. The van der Waals surface area contributed by atoms with Gasteiger partial charge in [-0.15, -0.1) is 11.3 Å². The Bertz CT molecular complexity index is 911. The second-order valence-corrected chi connectivity index (χ2v) is 9.19. The highest BCUT2D eigenvalue weighted by Crippen LogP contribution is 2.37. The van der Waals surface area contributed by atoms with Gasteiger partial charge < -0.3 is 10.2 Å². The Morgan fingerprint density at radius 1 is 1.28 bits per heavy atom. The molecule has 0 unspecified atom stereocenters. The van der Waals surface area contributed by atoms with Crippen molar-refractivity contribution in [3.63, 3.8) is 0 Å². The molecule has 6 nitrogen and oxygen atoms in total. The number of anilines is 1. The lowest BCUT2D eigenvalue weighted by Crippen LogP contribution is -2.40. The van der Waals surface area contributed by atoms with Gasteiger partial charge in [0.25, 0.3) is 5.69 Å². The van der Waals surface area contributed by atoms with Crippen LogP contribution >= 0.6 is 27.3 Å². The first-order valence-corrected chi connectivity index (χ1v) is 10.4. The van der Waals surface area contributed by atoms with E-state index in [9.17, 15) is 28.1 Å². The van der Waals surface area contributed by atoms with E-state index in [1.807, 2.05) is 12.1 Å². The van der Waals surface area contributed by atoms with Gasteiger partial charge in [0.05, 0.1) is 20.8 Å². The predicted molar refractivity (Wildman–Crippen MR) is 107 cm³/mol. The molecule has 156 valence electrons. The molecule has 1 saturated heterocycles. The summed E-state index contributed by atoms with van der Waals surface area (Å²) in [6.45, 7) is 1.14. The summed E-state index contributed by atoms with van der Waals surface area (Å²) in [5.41, 5.74) is -1.49. The van der Waals surface area contributed by atoms with Crippen LogP contribution in [0.4, 0.5) is 24.5 Å². The molecular formula is C18H17BrF3N3O3S. The standard InChI is InChI=1S/C18H17BrF3N3O3S/c19-16-4-2-13(29-16)10-23-17(26)11-5-7-24(8-6-11)14-3-1-12(18(20,21)22)9-15(14)25(27)28/h1-4,9,11H,5-8,10H2,(H,23,26). The van der Waals surface area contributed by atoms with Crippen LogP contribution in [-0.4, -0.2) is 23.9 Å². The van der Waals surface area contributed by atoms with Gasteiger partial charge in [-0.05, 0) is 53.0 Å². The van der Waals surface area contributed by atoms with Crippen LogP contribution in [0.5, 0.6) is 0 Å². The molecule has 0 bridgehead atoms. The average Bonchev–Trinajstić information content (AvgIpc) is 3.10. The number of amides is 1. The molecule has 1 N–H and O–H groups in total. The van der Waals surface area contributed by atoms with Gasteiger partial charge in [-0.3, -0.25) is 14.9 Å². The maximum absolute atomic E-state index is 12.9. The van der Waals surface area contributed by atoms with Crippen LogP contribution in [0.2, 0.25) is 0 Å². The van der Waals surface area contributed by atoms with Crippen LogP contribution in [0, 0.1) is 16.0 Å². The smallest absolute Gasteiger partial charge is 0.366 e. The minimum atomic E-state index is -4.65. The van der Waals surface area contributed by atoms with E-state index in [2.05, 4.69) is 21.2 Å². The molecule has 0 aliphatic carbocycles. The Labute approximate surface area is 177 Å². The number of nitrogens with one attached hydrogen (secondary N) is 1. The molecule has 11 heteroatoms. The molecule has 1 aliphatic rings. The van der Waals surface area contributed by atoms with Gasteiger partial charge in [0.1, 0.15) is 5.69 Å². The summed E-state index contributed by atoms with van der Waals surface area (Å²) >= 11 is 4.90. The SMILES string of the molecule is O=C(NCc1ccc(Br)s1)C1CCN(c2ccc(C(F)(F)F)cc2[N+](=O)[O-])CC1. The van der Waals surface area contributed by atoms with Gasteiger partial charge in [-0.2, -0.15) is 13.2 Å². The molecule has 0 saturated carbocycles. The summed E-state index contributed by atoms with van der Waals surface area (Å²) in [7, 11) is 0. The molecule has 1 aromatic carbocycles. The van der Waals surface area contributed by atoms with Gasteiger partial charge in [0.15, 0.2) is 0 Å². The molecule has 1 aliphatic heterocycles. The van der Waals surface area contributed by atoms with E-state index < -0.39 is 22.4 Å². The summed E-state index contributed by atoms with van der Waals surface area (Å²) in [6.07, 6.45) is -3.71. The maximum Gasteiger partial charge on any atom is 0.416 e. The molecule has 29 heavy (non-hydrogen) atoms. The number of halogens is 4. The lowest BCUT2D eigenvalue weighted by atomic mass is 9.95. The van der Waals surface area contributed by atoms with E-state index in [1.165, 1.54) is 11.3 Å². The molecule has 0 atom stereocenters. The van der Waals surface area contributed by atoms with E-state index in [1.54, 1.807) is 4.90 Å². The Balaban J connectivity index is 1.62. The highest BCUT2D eigenvalue weighted by molar-refractivity contribution is 9.11. The first-order valence-electron chi connectivity index (χ1n) is 8.77. The number of nitro benzene ring substituents is 1. The highest BCUT2D eigenvalue weighted by Gasteiger charge is 2.34. The van der Waals surface area contributed by atoms with Crippen molar-refractivity contribution in [1.29, 1.82) is 0 Å². The van der Waals surface area contributed by atoms with E-state index in [4.69, 9.17) is 0 Å². The van der Waals surface area contributed by atoms with E-state index >= 15 is 0 Å². The van der Waals surface area contributed by atoms with Gasteiger partial charge in [0, 0.05) is 30.0 Å². The molecule has 3 rings (SSSR count). The fourth-order valence-corrected chi connectivity index (χ4v) is 4.68. The Hall–Kier alpha value is -2.14. The number of carbonyl (C=O) groups excluding carboxylic acids is 1. The van der Waals surface area contributed by atoms with Crippen molar-refractivity contribution in [2.75, 3.05) is 18.0 Å². The quantitative estimate of drug-likeness (QED) is 0.473. The molecule has 2 aromatic rings. The Morgan fingerprint density at radius 3 is 2.52 bits per heavy atom. The number of rotatable bonds is 5. The minimum absolute atomic E-state index is 0.0870. The molecule has 1 aromatic heterocycles. The summed E-state index contributed by atoms with van der Waals surface area (Å²) in [5, 5.41) is 14.2. The van der Waals surface area contributed by atoms with Crippen molar-refractivity contribution in [2.45, 2.75) is 25.6 Å². The molecule has 2 heterocycles. The van der Waals surface area contributed by atoms with Crippen molar-refractivity contribution in [1.82, 2.24) is 5.32 Å². The van der Waals surface area contributed by atoms with Crippen LogP contribution < -0.4 is 10.2 Å². The number of nitro groups is 1. The summed E-state index contributed by atoms with van der Waals surface area (Å²) in [4.78, 5) is 25.5. The number of hydrogen-bond donors (Lipinski definition) is 1. The van der Waals surface area contributed by atoms with Gasteiger partial charge >= 0.3 is 6.18 Å². The second kappa shape index (κ2) is 8.70. The number of hydrogen-bond acceptors (Lipinski definition) is 5. The largest absolute Gasteiger partial charge is 0.416 e. The van der Waals surface area contributed by atoms with Crippen molar-refractivity contribution < 1.29 is 22.9 Å². The van der Waals surface area contributed by atoms with E-state index in [0.717, 1.165) is 20.8 Å². The third-order valence-electron chi connectivity index (χ3n) is 4.77. The lowest BCUT2D eigenvalue weighted by molar-refractivity contribution is -0.384. The lowest BCUT2D eigenvalue weighted by Gasteiger charge is -2.32. The zero-order valence-corrected chi connectivity index (χ0v) is 17.4. The summed E-state index contributed by atoms with van der Waals surface area (Å²) < 4.78 is 39.6. The zero-order valence-electron chi connectivity index (χ0n) is 15.0. The van der Waals surface area contributed by atoms with Crippen molar-refractivity contribution in [2.24, 2.45) is 5.92 Å². The third kappa shape index (κ3) is 5.27. The van der Waals surface area contributed by atoms with E-state index in [0.29, 0.717) is 38.5 Å². The fourth-order valence-electron chi connectivity index (χ4n) is 3.26.